The van der Waals surface area contributed by atoms with Crippen molar-refractivity contribution in [3.05, 3.63) is 15.8 Å². The molecule has 0 aliphatic heterocycles. The molecule has 0 saturated heterocycles. The molecular formula is C11H20N2O2S3. The summed E-state index contributed by atoms with van der Waals surface area (Å²) in [7, 11) is -1.60. The summed E-state index contributed by atoms with van der Waals surface area (Å²) in [5.74, 6) is 0.768. The van der Waals surface area contributed by atoms with Crippen LogP contribution in [0.25, 0.3) is 0 Å². The van der Waals surface area contributed by atoms with Crippen LogP contribution in [0.3, 0.4) is 0 Å². The summed E-state index contributed by atoms with van der Waals surface area (Å²) in [5.41, 5.74) is 0.814. The Morgan fingerprint density at radius 2 is 2.17 bits per heavy atom. The number of thioether (sulfide) groups is 1. The second-order valence-corrected chi connectivity index (χ2v) is 7.70. The molecule has 1 unspecified atom stereocenters. The maximum Gasteiger partial charge on any atom is 0.242 e. The zero-order chi connectivity index (χ0) is 13.8. The molecule has 1 aromatic rings. The van der Waals surface area contributed by atoms with Gasteiger partial charge in [0, 0.05) is 23.2 Å². The van der Waals surface area contributed by atoms with E-state index in [1.54, 1.807) is 11.8 Å². The molecule has 0 amide bonds. The number of sulfonamides is 1. The number of aryl methyl sites for hydroxylation is 1. The zero-order valence-corrected chi connectivity index (χ0v) is 13.6. The van der Waals surface area contributed by atoms with Crippen molar-refractivity contribution in [3.63, 3.8) is 0 Å². The van der Waals surface area contributed by atoms with E-state index >= 15 is 0 Å². The van der Waals surface area contributed by atoms with Crippen LogP contribution in [0.5, 0.6) is 0 Å². The van der Waals surface area contributed by atoms with Crippen molar-refractivity contribution < 1.29 is 8.42 Å². The molecule has 0 bridgehead atoms. The minimum atomic E-state index is -3.41. The summed E-state index contributed by atoms with van der Waals surface area (Å²) >= 11 is 3.11. The molecule has 1 heterocycles. The van der Waals surface area contributed by atoms with Gasteiger partial charge in [0.25, 0.3) is 0 Å². The van der Waals surface area contributed by atoms with Gasteiger partial charge >= 0.3 is 0 Å². The fraction of sp³-hybridized carbons (Fsp3) is 0.636. The highest BCUT2D eigenvalue weighted by Crippen LogP contribution is 2.26. The van der Waals surface area contributed by atoms with Gasteiger partial charge in [-0.15, -0.1) is 11.3 Å². The summed E-state index contributed by atoms with van der Waals surface area (Å²) in [6.07, 6.45) is 1.97. The van der Waals surface area contributed by atoms with Gasteiger partial charge in [-0.3, -0.25) is 0 Å². The summed E-state index contributed by atoms with van der Waals surface area (Å²) in [6.45, 7) is 4.29. The molecule has 0 spiro atoms. The third-order valence-corrected chi connectivity index (χ3v) is 6.25. The van der Waals surface area contributed by atoms with Crippen molar-refractivity contribution in [1.29, 1.82) is 0 Å². The van der Waals surface area contributed by atoms with Crippen molar-refractivity contribution in [3.8, 4) is 0 Å². The van der Waals surface area contributed by atoms with Crippen LogP contribution in [0.4, 0.5) is 0 Å². The first-order chi connectivity index (χ1) is 8.42. The lowest BCUT2D eigenvalue weighted by Crippen LogP contribution is -2.35. The second kappa shape index (κ2) is 6.91. The van der Waals surface area contributed by atoms with Crippen LogP contribution in [0.2, 0.25) is 0 Å². The highest BCUT2D eigenvalue weighted by molar-refractivity contribution is 7.98. The van der Waals surface area contributed by atoms with E-state index in [1.807, 2.05) is 32.5 Å². The predicted molar refractivity (Wildman–Crippen MR) is 80.0 cm³/mol. The summed E-state index contributed by atoms with van der Waals surface area (Å²) in [6, 6.07) is -0.0632. The Kier molecular flexibility index (Phi) is 6.13. The number of hydrogen-bond donors (Lipinski definition) is 2. The van der Waals surface area contributed by atoms with Crippen molar-refractivity contribution >= 4 is 33.1 Å². The lowest BCUT2D eigenvalue weighted by atomic mass is 10.3. The van der Waals surface area contributed by atoms with Crippen LogP contribution in [-0.4, -0.2) is 33.5 Å². The monoisotopic (exact) mass is 308 g/mol. The first-order valence-corrected chi connectivity index (χ1v) is 9.41. The van der Waals surface area contributed by atoms with Crippen LogP contribution in [0.1, 0.15) is 17.4 Å². The van der Waals surface area contributed by atoms with E-state index in [0.29, 0.717) is 11.4 Å². The molecule has 1 rings (SSSR count). The molecule has 2 N–H and O–H groups in total. The Morgan fingerprint density at radius 3 is 2.72 bits per heavy atom. The zero-order valence-electron chi connectivity index (χ0n) is 11.1. The van der Waals surface area contributed by atoms with E-state index in [4.69, 9.17) is 0 Å². The van der Waals surface area contributed by atoms with E-state index in [0.717, 1.165) is 16.2 Å². The highest BCUT2D eigenvalue weighted by atomic mass is 32.2. The maximum atomic E-state index is 12.4. The third kappa shape index (κ3) is 3.96. The van der Waals surface area contributed by atoms with Crippen molar-refractivity contribution in [2.45, 2.75) is 31.3 Å². The van der Waals surface area contributed by atoms with E-state index in [1.165, 1.54) is 11.3 Å². The number of nitrogens with one attached hydrogen (secondary N) is 2. The molecule has 0 aliphatic carbocycles. The van der Waals surface area contributed by atoms with Crippen molar-refractivity contribution in [2.75, 3.05) is 19.1 Å². The fourth-order valence-electron chi connectivity index (χ4n) is 1.74. The van der Waals surface area contributed by atoms with E-state index in [-0.39, 0.29) is 6.04 Å². The topological polar surface area (TPSA) is 58.2 Å². The molecule has 18 heavy (non-hydrogen) atoms. The van der Waals surface area contributed by atoms with Gasteiger partial charge in [-0.25, -0.2) is 13.1 Å². The first-order valence-electron chi connectivity index (χ1n) is 5.65. The van der Waals surface area contributed by atoms with Gasteiger partial charge in [0.15, 0.2) is 0 Å². The Balaban J connectivity index is 3.00. The predicted octanol–water partition coefficient (Wildman–Crippen LogP) is 1.81. The SMILES string of the molecule is CNCc1scc(C)c1S(=O)(=O)NC(C)CSC. The standard InChI is InChI=1S/C11H20N2O2S3/c1-8-6-17-10(5-12-3)11(8)18(14,15)13-9(2)7-16-4/h6,9,12-13H,5,7H2,1-4H3. The molecule has 0 saturated carbocycles. The van der Waals surface area contributed by atoms with Gasteiger partial charge in [0.2, 0.25) is 10.0 Å². The quantitative estimate of drug-likeness (QED) is 0.806. The molecule has 1 aromatic heterocycles. The average molecular weight is 308 g/mol. The van der Waals surface area contributed by atoms with Crippen LogP contribution in [0.15, 0.2) is 10.3 Å². The largest absolute Gasteiger partial charge is 0.315 e. The summed E-state index contributed by atoms with van der Waals surface area (Å²) in [4.78, 5) is 1.30. The van der Waals surface area contributed by atoms with E-state index in [2.05, 4.69) is 10.0 Å². The molecule has 1 atom stereocenters. The normalized spacial score (nSPS) is 13.8. The Hall–Kier alpha value is -0.0800. The molecule has 0 aliphatic rings. The fourth-order valence-corrected chi connectivity index (χ4v) is 5.49. The Morgan fingerprint density at radius 1 is 1.50 bits per heavy atom. The summed E-state index contributed by atoms with van der Waals surface area (Å²) in [5, 5.41) is 4.89. The molecule has 0 fully saturated rings. The minimum absolute atomic E-state index is 0.0632. The van der Waals surface area contributed by atoms with E-state index in [9.17, 15) is 8.42 Å². The number of thiophene rings is 1. The van der Waals surface area contributed by atoms with Gasteiger partial charge in [0.05, 0.1) is 0 Å². The summed E-state index contributed by atoms with van der Waals surface area (Å²) < 4.78 is 27.4. The van der Waals surface area contributed by atoms with Crippen LogP contribution < -0.4 is 10.0 Å². The lowest BCUT2D eigenvalue weighted by Gasteiger charge is -2.14. The van der Waals surface area contributed by atoms with Gasteiger partial charge in [-0.05, 0) is 38.1 Å². The molecule has 4 nitrogen and oxygen atoms in total. The maximum absolute atomic E-state index is 12.4. The van der Waals surface area contributed by atoms with Gasteiger partial charge < -0.3 is 5.32 Å². The lowest BCUT2D eigenvalue weighted by molar-refractivity contribution is 0.569. The van der Waals surface area contributed by atoms with E-state index < -0.39 is 10.0 Å². The Labute approximate surface area is 118 Å². The third-order valence-electron chi connectivity index (χ3n) is 2.37. The van der Waals surface area contributed by atoms with Gasteiger partial charge in [0.1, 0.15) is 4.90 Å². The van der Waals surface area contributed by atoms with Crippen LogP contribution in [-0.2, 0) is 16.6 Å². The average Bonchev–Trinajstić information content (AvgIpc) is 2.60. The minimum Gasteiger partial charge on any atom is -0.315 e. The molecule has 0 radical (unpaired) electrons. The molecule has 0 aromatic carbocycles. The number of hydrogen-bond acceptors (Lipinski definition) is 5. The highest BCUT2D eigenvalue weighted by Gasteiger charge is 2.24. The van der Waals surface area contributed by atoms with Gasteiger partial charge in [-0.1, -0.05) is 0 Å². The van der Waals surface area contributed by atoms with Crippen molar-refractivity contribution in [1.82, 2.24) is 10.0 Å². The van der Waals surface area contributed by atoms with Gasteiger partial charge in [-0.2, -0.15) is 11.8 Å². The molecular weight excluding hydrogens is 288 g/mol. The van der Waals surface area contributed by atoms with Crippen molar-refractivity contribution in [2.24, 2.45) is 0 Å². The smallest absolute Gasteiger partial charge is 0.242 e. The van der Waals surface area contributed by atoms with Crippen LogP contribution in [0, 0.1) is 6.92 Å². The second-order valence-electron chi connectivity index (χ2n) is 4.18. The van der Waals surface area contributed by atoms with Crippen LogP contribution >= 0.6 is 23.1 Å². The molecule has 7 heteroatoms. The first kappa shape index (κ1) is 16.0. The number of rotatable bonds is 7. The Bertz CT molecular complexity index is 482. The molecule has 104 valence electrons.